The fourth-order valence-electron chi connectivity index (χ4n) is 2.58. The van der Waals surface area contributed by atoms with Gasteiger partial charge in [-0.05, 0) is 50.9 Å². The Morgan fingerprint density at radius 3 is 3.00 bits per heavy atom. The quantitative estimate of drug-likeness (QED) is 0.849. The lowest BCUT2D eigenvalue weighted by atomic mass is 10.1. The smallest absolute Gasteiger partial charge is 0.222 e. The summed E-state index contributed by atoms with van der Waals surface area (Å²) in [7, 11) is 0. The van der Waals surface area contributed by atoms with E-state index in [0.29, 0.717) is 19.1 Å². The van der Waals surface area contributed by atoms with Crippen LogP contribution in [0.15, 0.2) is 24.3 Å². The molecule has 1 fully saturated rings. The summed E-state index contributed by atoms with van der Waals surface area (Å²) in [6.45, 7) is 5.65. The predicted octanol–water partition coefficient (Wildman–Crippen LogP) is 2.83. The molecule has 1 aromatic carbocycles. The number of ether oxygens (including phenoxy) is 1. The molecule has 5 heteroatoms. The van der Waals surface area contributed by atoms with Crippen LogP contribution in [0.3, 0.4) is 0 Å². The summed E-state index contributed by atoms with van der Waals surface area (Å²) in [5, 5.41) is 6.40. The van der Waals surface area contributed by atoms with Gasteiger partial charge in [-0.1, -0.05) is 12.1 Å². The lowest BCUT2D eigenvalue weighted by Crippen LogP contribution is -2.33. The summed E-state index contributed by atoms with van der Waals surface area (Å²) in [4.78, 5) is 12.0. The molecule has 1 amide bonds. The molecular formula is C16H25ClN2O2. The van der Waals surface area contributed by atoms with Crippen molar-refractivity contribution >= 4 is 18.3 Å². The van der Waals surface area contributed by atoms with Gasteiger partial charge in [-0.25, -0.2) is 0 Å². The van der Waals surface area contributed by atoms with E-state index >= 15 is 0 Å². The highest BCUT2D eigenvalue weighted by Gasteiger charge is 2.19. The van der Waals surface area contributed by atoms with Crippen LogP contribution < -0.4 is 15.4 Å². The fraction of sp³-hybridized carbons (Fsp3) is 0.562. The molecule has 0 aromatic heterocycles. The predicted molar refractivity (Wildman–Crippen MR) is 87.1 cm³/mol. The average molecular weight is 313 g/mol. The zero-order valence-electron chi connectivity index (χ0n) is 12.7. The number of amides is 1. The summed E-state index contributed by atoms with van der Waals surface area (Å²) in [6.07, 6.45) is 2.83. The SMILES string of the molecule is CCOc1cccc(C(C)NC(=O)CC2CCCN2)c1.Cl. The number of carbonyl (C=O) groups excluding carboxylic acids is 1. The first-order valence-corrected chi connectivity index (χ1v) is 7.44. The summed E-state index contributed by atoms with van der Waals surface area (Å²) in [5.41, 5.74) is 1.07. The number of nitrogens with one attached hydrogen (secondary N) is 2. The molecule has 1 heterocycles. The molecule has 1 saturated heterocycles. The van der Waals surface area contributed by atoms with E-state index in [1.165, 1.54) is 6.42 Å². The Labute approximate surface area is 133 Å². The maximum absolute atomic E-state index is 12.0. The molecule has 1 aromatic rings. The lowest BCUT2D eigenvalue weighted by molar-refractivity contribution is -0.122. The van der Waals surface area contributed by atoms with Crippen LogP contribution >= 0.6 is 12.4 Å². The number of rotatable bonds is 6. The molecule has 2 N–H and O–H groups in total. The van der Waals surface area contributed by atoms with Crippen LogP contribution in [0, 0.1) is 0 Å². The van der Waals surface area contributed by atoms with Gasteiger partial charge >= 0.3 is 0 Å². The van der Waals surface area contributed by atoms with Crippen molar-refractivity contribution in [3.8, 4) is 5.75 Å². The third-order valence-electron chi connectivity index (χ3n) is 3.64. The molecule has 2 rings (SSSR count). The lowest BCUT2D eigenvalue weighted by Gasteiger charge is -2.17. The van der Waals surface area contributed by atoms with E-state index in [0.717, 1.165) is 24.3 Å². The highest BCUT2D eigenvalue weighted by Crippen LogP contribution is 2.19. The van der Waals surface area contributed by atoms with Gasteiger partial charge in [-0.3, -0.25) is 4.79 Å². The summed E-state index contributed by atoms with van der Waals surface area (Å²) < 4.78 is 5.49. The zero-order valence-corrected chi connectivity index (χ0v) is 13.5. The van der Waals surface area contributed by atoms with Gasteiger partial charge < -0.3 is 15.4 Å². The molecule has 0 bridgehead atoms. The number of carbonyl (C=O) groups is 1. The largest absolute Gasteiger partial charge is 0.494 e. The number of hydrogen-bond acceptors (Lipinski definition) is 3. The number of benzene rings is 1. The van der Waals surface area contributed by atoms with Gasteiger partial charge in [0.2, 0.25) is 5.91 Å². The molecule has 118 valence electrons. The second-order valence-corrected chi connectivity index (χ2v) is 5.29. The van der Waals surface area contributed by atoms with Crippen molar-refractivity contribution in [1.29, 1.82) is 0 Å². The van der Waals surface area contributed by atoms with Crippen molar-refractivity contribution in [2.45, 2.75) is 45.2 Å². The van der Waals surface area contributed by atoms with Crippen molar-refractivity contribution in [2.75, 3.05) is 13.2 Å². The fourth-order valence-corrected chi connectivity index (χ4v) is 2.58. The molecule has 0 spiro atoms. The number of halogens is 1. The summed E-state index contributed by atoms with van der Waals surface area (Å²) >= 11 is 0. The average Bonchev–Trinajstić information content (AvgIpc) is 2.92. The molecular weight excluding hydrogens is 288 g/mol. The Hall–Kier alpha value is -1.26. The molecule has 1 aliphatic rings. The van der Waals surface area contributed by atoms with Crippen molar-refractivity contribution in [2.24, 2.45) is 0 Å². The second-order valence-electron chi connectivity index (χ2n) is 5.29. The molecule has 2 atom stereocenters. The van der Waals surface area contributed by atoms with Gasteiger partial charge in [0.1, 0.15) is 5.75 Å². The first-order chi connectivity index (χ1) is 9.69. The van der Waals surface area contributed by atoms with Crippen molar-refractivity contribution < 1.29 is 9.53 Å². The van der Waals surface area contributed by atoms with Gasteiger partial charge in [-0.2, -0.15) is 0 Å². The Kier molecular flexibility index (Phi) is 7.54. The van der Waals surface area contributed by atoms with E-state index in [-0.39, 0.29) is 24.4 Å². The molecule has 0 saturated carbocycles. The van der Waals surface area contributed by atoms with Crippen molar-refractivity contribution in [1.82, 2.24) is 10.6 Å². The van der Waals surface area contributed by atoms with Gasteiger partial charge in [0.05, 0.1) is 12.6 Å². The van der Waals surface area contributed by atoms with E-state index in [9.17, 15) is 4.79 Å². The van der Waals surface area contributed by atoms with E-state index < -0.39 is 0 Å². The van der Waals surface area contributed by atoms with E-state index in [1.807, 2.05) is 38.1 Å². The highest BCUT2D eigenvalue weighted by molar-refractivity contribution is 5.85. The molecule has 0 radical (unpaired) electrons. The van der Waals surface area contributed by atoms with Crippen LogP contribution in [-0.4, -0.2) is 25.1 Å². The normalized spacial score (nSPS) is 18.7. The van der Waals surface area contributed by atoms with Crippen LogP contribution in [0.5, 0.6) is 5.75 Å². The zero-order chi connectivity index (χ0) is 14.4. The Balaban J connectivity index is 0.00000220. The minimum atomic E-state index is 0. The number of hydrogen-bond donors (Lipinski definition) is 2. The first-order valence-electron chi connectivity index (χ1n) is 7.44. The second kappa shape index (κ2) is 8.90. The van der Waals surface area contributed by atoms with Crippen LogP contribution in [0.4, 0.5) is 0 Å². The van der Waals surface area contributed by atoms with E-state index in [2.05, 4.69) is 10.6 Å². The van der Waals surface area contributed by atoms with Crippen LogP contribution in [-0.2, 0) is 4.79 Å². The molecule has 4 nitrogen and oxygen atoms in total. The van der Waals surface area contributed by atoms with Crippen molar-refractivity contribution in [3.63, 3.8) is 0 Å². The maximum atomic E-state index is 12.0. The molecule has 0 aliphatic carbocycles. The van der Waals surface area contributed by atoms with E-state index in [1.54, 1.807) is 0 Å². The third kappa shape index (κ3) is 5.56. The van der Waals surface area contributed by atoms with Gasteiger partial charge in [0.15, 0.2) is 0 Å². The van der Waals surface area contributed by atoms with E-state index in [4.69, 9.17) is 4.74 Å². The summed E-state index contributed by atoms with van der Waals surface area (Å²) in [6, 6.07) is 8.25. The Morgan fingerprint density at radius 2 is 2.33 bits per heavy atom. The van der Waals surface area contributed by atoms with Crippen LogP contribution in [0.1, 0.15) is 44.7 Å². The minimum Gasteiger partial charge on any atom is -0.494 e. The van der Waals surface area contributed by atoms with Gasteiger partial charge in [0, 0.05) is 12.5 Å². The van der Waals surface area contributed by atoms with Gasteiger partial charge in [-0.15, -0.1) is 12.4 Å². The minimum absolute atomic E-state index is 0. The third-order valence-corrected chi connectivity index (χ3v) is 3.64. The van der Waals surface area contributed by atoms with Crippen LogP contribution in [0.2, 0.25) is 0 Å². The highest BCUT2D eigenvalue weighted by atomic mass is 35.5. The Bertz CT molecular complexity index is 448. The van der Waals surface area contributed by atoms with Crippen LogP contribution in [0.25, 0.3) is 0 Å². The topological polar surface area (TPSA) is 50.4 Å². The van der Waals surface area contributed by atoms with Gasteiger partial charge in [0.25, 0.3) is 0 Å². The molecule has 21 heavy (non-hydrogen) atoms. The summed E-state index contributed by atoms with van der Waals surface area (Å²) in [5.74, 6) is 0.960. The maximum Gasteiger partial charge on any atom is 0.222 e. The molecule has 2 unspecified atom stereocenters. The monoisotopic (exact) mass is 312 g/mol. The molecule has 1 aliphatic heterocycles. The standard InChI is InChI=1S/C16H24N2O2.ClH/c1-3-20-15-8-4-6-13(10-15)12(2)18-16(19)11-14-7-5-9-17-14;/h4,6,8,10,12,14,17H,3,5,7,9,11H2,1-2H3,(H,18,19);1H. The Morgan fingerprint density at radius 1 is 1.52 bits per heavy atom. The van der Waals surface area contributed by atoms with Crippen molar-refractivity contribution in [3.05, 3.63) is 29.8 Å². The first kappa shape index (κ1) is 17.8.